The van der Waals surface area contributed by atoms with E-state index < -0.39 is 0 Å². The number of rotatable bonds is 6. The molecule has 3 heteroatoms. The minimum Gasteiger partial charge on any atom is -0.380 e. The summed E-state index contributed by atoms with van der Waals surface area (Å²) < 4.78 is 5.41. The molecule has 0 aromatic heterocycles. The van der Waals surface area contributed by atoms with E-state index in [0.29, 0.717) is 18.0 Å². The molecule has 0 amide bonds. The Labute approximate surface area is 115 Å². The third-order valence-corrected chi connectivity index (χ3v) is 3.79. The summed E-state index contributed by atoms with van der Waals surface area (Å²) in [7, 11) is 0. The van der Waals surface area contributed by atoms with Crippen LogP contribution in [0, 0.1) is 0 Å². The number of benzene rings is 1. The van der Waals surface area contributed by atoms with Gasteiger partial charge in [0.15, 0.2) is 0 Å². The van der Waals surface area contributed by atoms with Crippen LogP contribution in [-0.2, 0) is 4.74 Å². The van der Waals surface area contributed by atoms with Gasteiger partial charge < -0.3 is 10.1 Å². The maximum Gasteiger partial charge on any atom is 0.0616 e. The van der Waals surface area contributed by atoms with Crippen LogP contribution >= 0.6 is 11.6 Å². The fourth-order valence-corrected chi connectivity index (χ4v) is 2.73. The van der Waals surface area contributed by atoms with E-state index in [0.717, 1.165) is 18.2 Å². The van der Waals surface area contributed by atoms with Crippen LogP contribution in [0.2, 0.25) is 5.02 Å². The average molecular weight is 268 g/mol. The maximum atomic E-state index is 6.02. The number of ether oxygens (including phenoxy) is 1. The summed E-state index contributed by atoms with van der Waals surface area (Å²) in [6.07, 6.45) is 2.41. The molecule has 1 aliphatic rings. The van der Waals surface area contributed by atoms with E-state index in [1.165, 1.54) is 18.4 Å². The van der Waals surface area contributed by atoms with Gasteiger partial charge in [0.05, 0.1) is 6.61 Å². The van der Waals surface area contributed by atoms with Crippen molar-refractivity contribution in [2.45, 2.75) is 44.7 Å². The van der Waals surface area contributed by atoms with Gasteiger partial charge in [-0.15, -0.1) is 0 Å². The fourth-order valence-electron chi connectivity index (χ4n) is 2.53. The summed E-state index contributed by atoms with van der Waals surface area (Å²) in [4.78, 5) is 0. The van der Waals surface area contributed by atoms with Gasteiger partial charge in [0, 0.05) is 23.7 Å². The van der Waals surface area contributed by atoms with E-state index in [1.54, 1.807) is 0 Å². The van der Waals surface area contributed by atoms with Gasteiger partial charge in [-0.25, -0.2) is 0 Å². The summed E-state index contributed by atoms with van der Waals surface area (Å²) in [6, 6.07) is 9.31. The molecule has 0 heterocycles. The van der Waals surface area contributed by atoms with Crippen molar-refractivity contribution in [1.29, 1.82) is 0 Å². The highest BCUT2D eigenvalue weighted by Crippen LogP contribution is 2.37. The molecule has 1 atom stereocenters. The first-order chi connectivity index (χ1) is 8.69. The second-order valence-corrected chi connectivity index (χ2v) is 5.58. The van der Waals surface area contributed by atoms with Crippen LogP contribution in [0.3, 0.4) is 0 Å². The standard InChI is InChI=1S/C15H22ClNO/c1-3-18-10-11(2)17-15-8-13(9-15)12-5-4-6-14(16)7-12/h4-7,11,13,15,17H,3,8-10H2,1-2H3. The van der Waals surface area contributed by atoms with Crippen molar-refractivity contribution in [2.24, 2.45) is 0 Å². The number of hydrogen-bond donors (Lipinski definition) is 1. The molecule has 2 rings (SSSR count). The fraction of sp³-hybridized carbons (Fsp3) is 0.600. The smallest absolute Gasteiger partial charge is 0.0616 e. The van der Waals surface area contributed by atoms with Crippen molar-refractivity contribution in [3.63, 3.8) is 0 Å². The number of nitrogens with one attached hydrogen (secondary N) is 1. The van der Waals surface area contributed by atoms with Gasteiger partial charge in [0.2, 0.25) is 0 Å². The van der Waals surface area contributed by atoms with Crippen LogP contribution in [0.4, 0.5) is 0 Å². The van der Waals surface area contributed by atoms with Crippen molar-refractivity contribution in [3.05, 3.63) is 34.9 Å². The average Bonchev–Trinajstić information content (AvgIpc) is 2.30. The minimum atomic E-state index is 0.440. The summed E-state index contributed by atoms with van der Waals surface area (Å²) >= 11 is 6.02. The highest BCUT2D eigenvalue weighted by atomic mass is 35.5. The van der Waals surface area contributed by atoms with Gasteiger partial charge in [-0.05, 0) is 50.3 Å². The Hall–Kier alpha value is -0.570. The molecular weight excluding hydrogens is 246 g/mol. The topological polar surface area (TPSA) is 21.3 Å². The molecule has 0 radical (unpaired) electrons. The lowest BCUT2D eigenvalue weighted by molar-refractivity contribution is 0.115. The quantitative estimate of drug-likeness (QED) is 0.850. The molecular formula is C15H22ClNO. The summed E-state index contributed by atoms with van der Waals surface area (Å²) in [6.45, 7) is 5.81. The number of hydrogen-bond acceptors (Lipinski definition) is 2. The Morgan fingerprint density at radius 2 is 2.22 bits per heavy atom. The molecule has 1 N–H and O–H groups in total. The molecule has 1 aromatic carbocycles. The molecule has 1 aromatic rings. The molecule has 0 spiro atoms. The van der Waals surface area contributed by atoms with Crippen molar-refractivity contribution in [2.75, 3.05) is 13.2 Å². The Morgan fingerprint density at radius 3 is 2.89 bits per heavy atom. The zero-order valence-corrected chi connectivity index (χ0v) is 11.9. The lowest BCUT2D eigenvalue weighted by Crippen LogP contribution is -2.46. The highest BCUT2D eigenvalue weighted by Gasteiger charge is 2.30. The van der Waals surface area contributed by atoms with Crippen molar-refractivity contribution in [3.8, 4) is 0 Å². The lowest BCUT2D eigenvalue weighted by Gasteiger charge is -2.38. The zero-order valence-electron chi connectivity index (χ0n) is 11.2. The summed E-state index contributed by atoms with van der Waals surface area (Å²) in [5.41, 5.74) is 1.37. The third-order valence-electron chi connectivity index (χ3n) is 3.55. The predicted octanol–water partition coefficient (Wildman–Crippen LogP) is 3.60. The SMILES string of the molecule is CCOCC(C)NC1CC(c2cccc(Cl)c2)C1. The van der Waals surface area contributed by atoms with Gasteiger partial charge >= 0.3 is 0 Å². The molecule has 0 saturated heterocycles. The molecule has 2 nitrogen and oxygen atoms in total. The van der Waals surface area contributed by atoms with Gasteiger partial charge in [0.1, 0.15) is 0 Å². The third kappa shape index (κ3) is 3.71. The van der Waals surface area contributed by atoms with Crippen molar-refractivity contribution >= 4 is 11.6 Å². The predicted molar refractivity (Wildman–Crippen MR) is 76.3 cm³/mol. The highest BCUT2D eigenvalue weighted by molar-refractivity contribution is 6.30. The Balaban J connectivity index is 1.73. The minimum absolute atomic E-state index is 0.440. The van der Waals surface area contributed by atoms with Crippen LogP contribution in [0.5, 0.6) is 0 Å². The van der Waals surface area contributed by atoms with E-state index in [-0.39, 0.29) is 0 Å². The largest absolute Gasteiger partial charge is 0.380 e. The number of halogens is 1. The monoisotopic (exact) mass is 267 g/mol. The van der Waals surface area contributed by atoms with Gasteiger partial charge in [-0.1, -0.05) is 23.7 Å². The lowest BCUT2D eigenvalue weighted by atomic mass is 9.75. The normalized spacial score (nSPS) is 24.6. The van der Waals surface area contributed by atoms with Gasteiger partial charge in [0.25, 0.3) is 0 Å². The summed E-state index contributed by atoms with van der Waals surface area (Å²) in [5.74, 6) is 0.667. The summed E-state index contributed by atoms with van der Waals surface area (Å²) in [5, 5.41) is 4.45. The van der Waals surface area contributed by atoms with Crippen LogP contribution in [-0.4, -0.2) is 25.3 Å². The molecule has 1 aliphatic carbocycles. The van der Waals surface area contributed by atoms with Crippen molar-refractivity contribution < 1.29 is 4.74 Å². The van der Waals surface area contributed by atoms with Gasteiger partial charge in [-0.2, -0.15) is 0 Å². The molecule has 1 saturated carbocycles. The molecule has 0 aliphatic heterocycles. The Kier molecular flexibility index (Phi) is 5.04. The Morgan fingerprint density at radius 1 is 1.44 bits per heavy atom. The molecule has 100 valence electrons. The first-order valence-corrected chi connectivity index (χ1v) is 7.16. The van der Waals surface area contributed by atoms with Crippen LogP contribution in [0.15, 0.2) is 24.3 Å². The molecule has 18 heavy (non-hydrogen) atoms. The van der Waals surface area contributed by atoms with Crippen molar-refractivity contribution in [1.82, 2.24) is 5.32 Å². The first-order valence-electron chi connectivity index (χ1n) is 6.78. The molecule has 1 fully saturated rings. The molecule has 1 unspecified atom stereocenters. The van der Waals surface area contributed by atoms with E-state index >= 15 is 0 Å². The van der Waals surface area contributed by atoms with E-state index in [2.05, 4.69) is 24.4 Å². The van der Waals surface area contributed by atoms with E-state index in [1.807, 2.05) is 19.1 Å². The second-order valence-electron chi connectivity index (χ2n) is 5.15. The van der Waals surface area contributed by atoms with E-state index in [9.17, 15) is 0 Å². The van der Waals surface area contributed by atoms with E-state index in [4.69, 9.17) is 16.3 Å². The maximum absolute atomic E-state index is 6.02. The molecule has 0 bridgehead atoms. The Bertz CT molecular complexity index is 377. The second kappa shape index (κ2) is 6.55. The van der Waals surface area contributed by atoms with Gasteiger partial charge in [-0.3, -0.25) is 0 Å². The zero-order chi connectivity index (χ0) is 13.0. The van der Waals surface area contributed by atoms with Crippen LogP contribution < -0.4 is 5.32 Å². The van der Waals surface area contributed by atoms with Crippen LogP contribution in [0.1, 0.15) is 38.2 Å². The van der Waals surface area contributed by atoms with Crippen LogP contribution in [0.25, 0.3) is 0 Å². The first kappa shape index (κ1) is 13.9.